The number of hydrogen-bond acceptors (Lipinski definition) is 4. The Morgan fingerprint density at radius 2 is 1.44 bits per heavy atom. The monoisotopic (exact) mass is 622 g/mol. The topological polar surface area (TPSA) is 40.9 Å². The van der Waals surface area contributed by atoms with Crippen LogP contribution in [0.1, 0.15) is 53.9 Å². The second kappa shape index (κ2) is 12.5. The molecule has 48 heavy (non-hydrogen) atoms. The Balaban J connectivity index is 1.11. The van der Waals surface area contributed by atoms with Gasteiger partial charge in [-0.25, -0.2) is 9.98 Å². The molecule has 4 heteroatoms. The first-order chi connectivity index (χ1) is 23.5. The van der Waals surface area contributed by atoms with Gasteiger partial charge in [0.1, 0.15) is 12.0 Å². The van der Waals surface area contributed by atoms with Gasteiger partial charge in [0.05, 0.1) is 5.69 Å². The SMILES string of the molecule is CN1C(C2(C)C=CC(c3ccccc3)=CC2)=NC(c2ccccc2)=NC1c1cccc(-c2ccc(-c3ccc4c(n3)CCC=C4)cc2)c1. The molecular weight excluding hydrogens is 585 g/mol. The predicted molar refractivity (Wildman–Crippen MR) is 200 cm³/mol. The van der Waals surface area contributed by atoms with Crippen molar-refractivity contribution in [3.05, 3.63) is 174 Å². The van der Waals surface area contributed by atoms with E-state index in [0.29, 0.717) is 0 Å². The van der Waals surface area contributed by atoms with Crippen LogP contribution in [0.4, 0.5) is 0 Å². The van der Waals surface area contributed by atoms with Gasteiger partial charge in [-0.05, 0) is 71.7 Å². The van der Waals surface area contributed by atoms with Crippen LogP contribution < -0.4 is 0 Å². The van der Waals surface area contributed by atoms with E-state index in [1.54, 1.807) is 0 Å². The Labute approximate surface area is 283 Å². The van der Waals surface area contributed by atoms with Crippen LogP contribution >= 0.6 is 0 Å². The number of fused-ring (bicyclic) bond motifs is 1. The lowest BCUT2D eigenvalue weighted by atomic mass is 9.78. The molecule has 0 bridgehead atoms. The summed E-state index contributed by atoms with van der Waals surface area (Å²) in [6.45, 7) is 2.29. The standard InChI is InChI=1S/C44H38N4/c1-44(28-26-33(27-29-44)31-12-5-3-6-13-31)43-47-41(36-15-7-4-8-16-36)46-42(48(43)2)38-18-11-17-37(30-38)32-20-22-35(23-21-32)40-25-24-34-14-9-10-19-39(34)45-40/h3-9,11-18,20-28,30,42H,10,19,29H2,1-2H3. The largest absolute Gasteiger partial charge is 0.337 e. The van der Waals surface area contributed by atoms with Gasteiger partial charge in [-0.3, -0.25) is 4.98 Å². The quantitative estimate of drug-likeness (QED) is 0.189. The van der Waals surface area contributed by atoms with E-state index in [1.807, 2.05) is 6.07 Å². The van der Waals surface area contributed by atoms with Crippen molar-refractivity contribution in [1.29, 1.82) is 0 Å². The van der Waals surface area contributed by atoms with Crippen LogP contribution in [-0.2, 0) is 6.42 Å². The van der Waals surface area contributed by atoms with Gasteiger partial charge in [-0.2, -0.15) is 0 Å². The van der Waals surface area contributed by atoms with Gasteiger partial charge in [0.25, 0.3) is 0 Å². The maximum Gasteiger partial charge on any atom is 0.159 e. The van der Waals surface area contributed by atoms with E-state index in [1.165, 1.54) is 28.0 Å². The summed E-state index contributed by atoms with van der Waals surface area (Å²) in [5.41, 5.74) is 11.3. The fourth-order valence-corrected chi connectivity index (χ4v) is 6.99. The molecule has 2 aliphatic carbocycles. The minimum Gasteiger partial charge on any atom is -0.337 e. The van der Waals surface area contributed by atoms with E-state index in [-0.39, 0.29) is 11.6 Å². The van der Waals surface area contributed by atoms with Crippen LogP contribution in [0, 0.1) is 5.41 Å². The molecule has 1 aromatic heterocycles. The lowest BCUT2D eigenvalue weighted by Gasteiger charge is -2.40. The van der Waals surface area contributed by atoms with Crippen LogP contribution in [0.2, 0.25) is 0 Å². The molecule has 1 aliphatic heterocycles. The number of aromatic nitrogens is 1. The number of aryl methyl sites for hydroxylation is 1. The molecule has 0 amide bonds. The molecule has 2 unspecified atom stereocenters. The molecule has 0 radical (unpaired) electrons. The summed E-state index contributed by atoms with van der Waals surface area (Å²) in [5.74, 6) is 1.78. The Hall–Kier alpha value is -5.61. The molecule has 4 nitrogen and oxygen atoms in total. The summed E-state index contributed by atoms with van der Waals surface area (Å²) in [6, 6.07) is 42.8. The molecule has 3 aliphatic rings. The number of benzene rings is 4. The fraction of sp³-hybridized carbons (Fsp3) is 0.159. The van der Waals surface area contributed by atoms with E-state index in [4.69, 9.17) is 15.0 Å². The van der Waals surface area contributed by atoms with Crippen LogP contribution in [0.25, 0.3) is 34.0 Å². The van der Waals surface area contributed by atoms with Crippen LogP contribution in [0.5, 0.6) is 0 Å². The average Bonchev–Trinajstić information content (AvgIpc) is 3.16. The zero-order valence-electron chi connectivity index (χ0n) is 27.4. The molecule has 0 saturated heterocycles. The smallest absolute Gasteiger partial charge is 0.159 e. The number of rotatable bonds is 6. The van der Waals surface area contributed by atoms with Gasteiger partial charge in [-0.15, -0.1) is 0 Å². The number of hydrogen-bond donors (Lipinski definition) is 0. The van der Waals surface area contributed by atoms with E-state index >= 15 is 0 Å². The summed E-state index contributed by atoms with van der Waals surface area (Å²) in [7, 11) is 2.13. The van der Waals surface area contributed by atoms with Gasteiger partial charge < -0.3 is 4.90 Å². The molecule has 0 spiro atoms. The maximum absolute atomic E-state index is 5.27. The van der Waals surface area contributed by atoms with Crippen LogP contribution in [0.15, 0.2) is 156 Å². The highest BCUT2D eigenvalue weighted by Crippen LogP contribution is 2.40. The first-order valence-corrected chi connectivity index (χ1v) is 16.8. The molecule has 5 aromatic rings. The van der Waals surface area contributed by atoms with Crippen molar-refractivity contribution in [3.8, 4) is 22.4 Å². The molecule has 0 N–H and O–H groups in total. The molecule has 0 fully saturated rings. The Morgan fingerprint density at radius 3 is 2.19 bits per heavy atom. The van der Waals surface area contributed by atoms with Crippen LogP contribution in [-0.4, -0.2) is 28.6 Å². The number of pyridine rings is 1. The maximum atomic E-state index is 5.27. The molecule has 2 heterocycles. The Morgan fingerprint density at radius 1 is 0.708 bits per heavy atom. The van der Waals surface area contributed by atoms with E-state index < -0.39 is 0 Å². The first-order valence-electron chi connectivity index (χ1n) is 16.8. The summed E-state index contributed by atoms with van der Waals surface area (Å²) in [5, 5.41) is 0. The third kappa shape index (κ3) is 5.75. The lowest BCUT2D eigenvalue weighted by molar-refractivity contribution is 0.343. The first kappa shape index (κ1) is 29.8. The Bertz CT molecular complexity index is 2120. The normalized spacial score (nSPS) is 20.1. The van der Waals surface area contributed by atoms with Crippen molar-refractivity contribution >= 4 is 23.3 Å². The highest BCUT2D eigenvalue weighted by molar-refractivity contribution is 6.10. The van der Waals surface area contributed by atoms with Gasteiger partial charge in [0.2, 0.25) is 0 Å². The van der Waals surface area contributed by atoms with E-state index in [9.17, 15) is 0 Å². The summed E-state index contributed by atoms with van der Waals surface area (Å²) in [6.07, 6.45) is 14.0. The van der Waals surface area contributed by atoms with Gasteiger partial charge in [-0.1, -0.05) is 140 Å². The molecular formula is C44H38N4. The summed E-state index contributed by atoms with van der Waals surface area (Å²) >= 11 is 0. The number of nitrogens with zero attached hydrogens (tertiary/aromatic N) is 4. The van der Waals surface area contributed by atoms with Gasteiger partial charge in [0.15, 0.2) is 5.84 Å². The number of allylic oxidation sites excluding steroid dienone is 4. The van der Waals surface area contributed by atoms with Crippen LogP contribution in [0.3, 0.4) is 0 Å². The fourth-order valence-electron chi connectivity index (χ4n) is 6.99. The van der Waals surface area contributed by atoms with E-state index in [2.05, 4.69) is 165 Å². The summed E-state index contributed by atoms with van der Waals surface area (Å²) in [4.78, 5) is 17.8. The highest BCUT2D eigenvalue weighted by Gasteiger charge is 2.37. The van der Waals surface area contributed by atoms with Crippen molar-refractivity contribution in [1.82, 2.24) is 9.88 Å². The number of aliphatic imine (C=N–C) groups is 2. The van der Waals surface area contributed by atoms with Crippen molar-refractivity contribution < 1.29 is 0 Å². The third-order valence-corrected chi connectivity index (χ3v) is 9.74. The average molecular weight is 623 g/mol. The third-order valence-electron chi connectivity index (χ3n) is 9.74. The zero-order valence-corrected chi connectivity index (χ0v) is 27.4. The molecule has 8 rings (SSSR count). The zero-order chi connectivity index (χ0) is 32.5. The predicted octanol–water partition coefficient (Wildman–Crippen LogP) is 10.2. The van der Waals surface area contributed by atoms with Crippen molar-refractivity contribution in [3.63, 3.8) is 0 Å². The van der Waals surface area contributed by atoms with E-state index in [0.717, 1.165) is 58.9 Å². The van der Waals surface area contributed by atoms with Crippen molar-refractivity contribution in [2.24, 2.45) is 15.4 Å². The molecule has 2 atom stereocenters. The van der Waals surface area contributed by atoms with Gasteiger partial charge in [0, 0.05) is 29.3 Å². The summed E-state index contributed by atoms with van der Waals surface area (Å²) < 4.78 is 0. The minimum absolute atomic E-state index is 0.217. The molecule has 234 valence electrons. The van der Waals surface area contributed by atoms with Crippen molar-refractivity contribution in [2.75, 3.05) is 7.05 Å². The van der Waals surface area contributed by atoms with Crippen molar-refractivity contribution in [2.45, 2.75) is 32.4 Å². The molecule has 0 saturated carbocycles. The molecule has 4 aromatic carbocycles. The number of amidine groups is 2. The lowest BCUT2D eigenvalue weighted by Crippen LogP contribution is -2.44. The second-order valence-corrected chi connectivity index (χ2v) is 13.1. The van der Waals surface area contributed by atoms with Gasteiger partial charge >= 0.3 is 0 Å². The Kier molecular flexibility index (Phi) is 7.78. The second-order valence-electron chi connectivity index (χ2n) is 13.1. The highest BCUT2D eigenvalue weighted by atomic mass is 15.3. The minimum atomic E-state index is -0.282.